The minimum absolute atomic E-state index is 0.0903. The monoisotopic (exact) mass is 405 g/mol. The van der Waals surface area contributed by atoms with Crippen molar-refractivity contribution in [1.29, 1.82) is 0 Å². The summed E-state index contributed by atoms with van der Waals surface area (Å²) in [5, 5.41) is 2.55. The maximum atomic E-state index is 14.2. The molecule has 0 bridgehead atoms. The Kier molecular flexibility index (Phi) is 5.76. The maximum Gasteiger partial charge on any atom is 0.407 e. The van der Waals surface area contributed by atoms with Gasteiger partial charge in [0.05, 0.1) is 12.1 Å². The molecule has 1 atom stereocenters. The van der Waals surface area contributed by atoms with E-state index in [0.717, 1.165) is 6.07 Å². The van der Waals surface area contributed by atoms with Crippen LogP contribution in [-0.4, -0.2) is 29.6 Å². The fraction of sp³-hybridized carbons (Fsp3) is 0.200. The van der Waals surface area contributed by atoms with E-state index >= 15 is 0 Å². The first-order chi connectivity index (χ1) is 13.8. The summed E-state index contributed by atoms with van der Waals surface area (Å²) in [6.45, 7) is 1.28. The molecule has 0 aliphatic carbocycles. The number of hydrogen-bond donors (Lipinski definition) is 3. The van der Waals surface area contributed by atoms with Crippen LogP contribution in [0.25, 0.3) is 22.2 Å². The zero-order valence-corrected chi connectivity index (χ0v) is 15.4. The normalized spacial score (nSPS) is 12.0. The molecule has 3 rings (SSSR count). The first-order valence-corrected chi connectivity index (χ1v) is 8.74. The fourth-order valence-electron chi connectivity index (χ4n) is 2.93. The summed E-state index contributed by atoms with van der Waals surface area (Å²) in [5.74, 6) is -2.69. The topological polar surface area (TPSA) is 97.2 Å². The summed E-state index contributed by atoms with van der Waals surface area (Å²) < 4.78 is 46.3. The van der Waals surface area contributed by atoms with Crippen molar-refractivity contribution in [3.05, 3.63) is 59.4 Å². The van der Waals surface area contributed by atoms with Gasteiger partial charge in [0.2, 0.25) is 5.91 Å². The van der Waals surface area contributed by atoms with Gasteiger partial charge in [-0.25, -0.2) is 18.0 Å². The van der Waals surface area contributed by atoms with Gasteiger partial charge >= 0.3 is 6.09 Å². The number of alkyl carbamates (subject to hydrolysis) is 1. The molecule has 2 amide bonds. The number of carbonyl (C=O) groups excluding carboxylic acids is 2. The minimum Gasteiger partial charge on any atom is -0.449 e. The largest absolute Gasteiger partial charge is 0.449 e. The molecule has 0 saturated heterocycles. The Hall–Kier alpha value is -3.49. The molecule has 3 aromatic rings. The number of primary amides is 1. The van der Waals surface area contributed by atoms with E-state index in [-0.39, 0.29) is 23.9 Å². The quantitative estimate of drug-likeness (QED) is 0.586. The van der Waals surface area contributed by atoms with Gasteiger partial charge in [0.1, 0.15) is 23.5 Å². The van der Waals surface area contributed by atoms with Gasteiger partial charge in [-0.05, 0) is 48.4 Å². The molecule has 0 saturated carbocycles. The molecule has 0 spiro atoms. The predicted octanol–water partition coefficient (Wildman–Crippen LogP) is 3.39. The van der Waals surface area contributed by atoms with Crippen LogP contribution in [0, 0.1) is 17.5 Å². The number of H-pyrrole nitrogens is 1. The van der Waals surface area contributed by atoms with Gasteiger partial charge in [-0.2, -0.15) is 0 Å². The molecule has 0 aliphatic rings. The lowest BCUT2D eigenvalue weighted by molar-refractivity contribution is -0.119. The highest BCUT2D eigenvalue weighted by atomic mass is 19.1. The SMILES string of the molecule is CC(NC(=O)OCCc1c(-c2ccc(F)cc2)[nH]c2c(F)cc(F)cc12)C(N)=O. The molecule has 4 N–H and O–H groups in total. The number of amides is 2. The lowest BCUT2D eigenvalue weighted by Crippen LogP contribution is -2.42. The van der Waals surface area contributed by atoms with Crippen molar-refractivity contribution < 1.29 is 27.5 Å². The summed E-state index contributed by atoms with van der Waals surface area (Å²) in [4.78, 5) is 25.6. The number of rotatable bonds is 6. The van der Waals surface area contributed by atoms with E-state index < -0.39 is 35.5 Å². The lowest BCUT2D eigenvalue weighted by atomic mass is 10.0. The molecule has 6 nitrogen and oxygen atoms in total. The molecule has 152 valence electrons. The predicted molar refractivity (Wildman–Crippen MR) is 100 cm³/mol. The highest BCUT2D eigenvalue weighted by molar-refractivity contribution is 5.91. The van der Waals surface area contributed by atoms with Gasteiger partial charge in [0, 0.05) is 23.6 Å². The van der Waals surface area contributed by atoms with Crippen molar-refractivity contribution >= 4 is 22.9 Å². The summed E-state index contributed by atoms with van der Waals surface area (Å²) in [6, 6.07) is 6.51. The Balaban J connectivity index is 1.88. The number of halogens is 3. The number of fused-ring (bicyclic) bond motifs is 1. The smallest absolute Gasteiger partial charge is 0.407 e. The zero-order chi connectivity index (χ0) is 21.1. The van der Waals surface area contributed by atoms with Gasteiger partial charge in [-0.1, -0.05) is 0 Å². The number of nitrogens with one attached hydrogen (secondary N) is 2. The second kappa shape index (κ2) is 8.26. The molecule has 1 unspecified atom stereocenters. The van der Waals surface area contributed by atoms with E-state index in [1.807, 2.05) is 0 Å². The first kappa shape index (κ1) is 20.2. The molecule has 1 heterocycles. The Bertz CT molecular complexity index is 1060. The van der Waals surface area contributed by atoms with Crippen LogP contribution in [-0.2, 0) is 16.0 Å². The average Bonchev–Trinajstić information content (AvgIpc) is 3.01. The summed E-state index contributed by atoms with van der Waals surface area (Å²) in [6.07, 6.45) is -0.731. The van der Waals surface area contributed by atoms with E-state index in [4.69, 9.17) is 10.5 Å². The zero-order valence-electron chi connectivity index (χ0n) is 15.4. The third-order valence-electron chi connectivity index (χ3n) is 4.41. The van der Waals surface area contributed by atoms with Crippen LogP contribution in [0.2, 0.25) is 0 Å². The molecule has 1 aromatic heterocycles. The van der Waals surface area contributed by atoms with E-state index in [9.17, 15) is 22.8 Å². The van der Waals surface area contributed by atoms with E-state index in [1.54, 1.807) is 0 Å². The number of aromatic amines is 1. The molecule has 0 fully saturated rings. The first-order valence-electron chi connectivity index (χ1n) is 8.74. The van der Waals surface area contributed by atoms with Crippen molar-refractivity contribution in [2.45, 2.75) is 19.4 Å². The van der Waals surface area contributed by atoms with Crippen molar-refractivity contribution in [2.24, 2.45) is 5.73 Å². The third kappa shape index (κ3) is 4.50. The highest BCUT2D eigenvalue weighted by Gasteiger charge is 2.18. The molecule has 9 heteroatoms. The van der Waals surface area contributed by atoms with Crippen LogP contribution in [0.15, 0.2) is 36.4 Å². The van der Waals surface area contributed by atoms with Crippen molar-refractivity contribution in [1.82, 2.24) is 10.3 Å². The molecule has 0 aliphatic heterocycles. The van der Waals surface area contributed by atoms with Gasteiger partial charge in [0.25, 0.3) is 0 Å². The fourth-order valence-corrected chi connectivity index (χ4v) is 2.93. The lowest BCUT2D eigenvalue weighted by Gasteiger charge is -2.11. The van der Waals surface area contributed by atoms with Crippen LogP contribution in [0.4, 0.5) is 18.0 Å². The van der Waals surface area contributed by atoms with Crippen molar-refractivity contribution in [3.8, 4) is 11.3 Å². The summed E-state index contributed by atoms with van der Waals surface area (Å²) in [5.41, 5.74) is 6.67. The molecule has 2 aromatic carbocycles. The second-order valence-electron chi connectivity index (χ2n) is 6.45. The number of carbonyl (C=O) groups is 2. The molecule has 0 radical (unpaired) electrons. The summed E-state index contributed by atoms with van der Waals surface area (Å²) >= 11 is 0. The number of ether oxygens (including phenoxy) is 1. The Morgan fingerprint density at radius 3 is 2.48 bits per heavy atom. The molecular formula is C20H18F3N3O3. The Morgan fingerprint density at radius 2 is 1.83 bits per heavy atom. The van der Waals surface area contributed by atoms with Crippen LogP contribution in [0.3, 0.4) is 0 Å². The van der Waals surface area contributed by atoms with Crippen LogP contribution < -0.4 is 11.1 Å². The van der Waals surface area contributed by atoms with Crippen LogP contribution >= 0.6 is 0 Å². The van der Waals surface area contributed by atoms with Gasteiger partial charge < -0.3 is 20.8 Å². The van der Waals surface area contributed by atoms with Crippen LogP contribution in [0.5, 0.6) is 0 Å². The second-order valence-corrected chi connectivity index (χ2v) is 6.45. The van der Waals surface area contributed by atoms with E-state index in [1.165, 1.54) is 37.3 Å². The average molecular weight is 405 g/mol. The van der Waals surface area contributed by atoms with Gasteiger partial charge in [0.15, 0.2) is 0 Å². The van der Waals surface area contributed by atoms with Gasteiger partial charge in [-0.3, -0.25) is 4.79 Å². The molecule has 29 heavy (non-hydrogen) atoms. The van der Waals surface area contributed by atoms with Crippen molar-refractivity contribution in [3.63, 3.8) is 0 Å². The van der Waals surface area contributed by atoms with Gasteiger partial charge in [-0.15, -0.1) is 0 Å². The highest BCUT2D eigenvalue weighted by Crippen LogP contribution is 2.32. The number of hydrogen-bond acceptors (Lipinski definition) is 3. The van der Waals surface area contributed by atoms with Crippen LogP contribution in [0.1, 0.15) is 12.5 Å². The summed E-state index contributed by atoms with van der Waals surface area (Å²) in [7, 11) is 0. The van der Waals surface area contributed by atoms with Crippen molar-refractivity contribution in [2.75, 3.05) is 6.61 Å². The number of nitrogens with two attached hydrogens (primary N) is 1. The third-order valence-corrected chi connectivity index (χ3v) is 4.41. The number of aromatic nitrogens is 1. The molecular weight excluding hydrogens is 387 g/mol. The standard InChI is InChI=1S/C20H18F3N3O3/c1-10(19(24)27)25-20(28)29-7-6-14-15-8-13(22)9-16(23)18(15)26-17(14)11-2-4-12(21)5-3-11/h2-5,8-10,26H,6-7H2,1H3,(H2,24,27)(H,25,28). The minimum atomic E-state index is -0.909. The maximum absolute atomic E-state index is 14.2. The van der Waals surface area contributed by atoms with E-state index in [0.29, 0.717) is 16.8 Å². The Morgan fingerprint density at radius 1 is 1.14 bits per heavy atom. The Labute approximate surface area is 163 Å². The van der Waals surface area contributed by atoms with E-state index in [2.05, 4.69) is 10.3 Å². The number of benzene rings is 2.